The molecule has 1 heterocycles. The van der Waals surface area contributed by atoms with Crippen LogP contribution in [-0.4, -0.2) is 36.6 Å². The Labute approximate surface area is 134 Å². The zero-order chi connectivity index (χ0) is 15.9. The molecule has 0 aliphatic heterocycles. The van der Waals surface area contributed by atoms with Crippen LogP contribution in [0, 0.1) is 0 Å². The molecule has 0 spiro atoms. The minimum Gasteiger partial charge on any atom is -0.496 e. The van der Waals surface area contributed by atoms with Gasteiger partial charge in [0.2, 0.25) is 0 Å². The van der Waals surface area contributed by atoms with E-state index in [1.165, 1.54) is 0 Å². The third-order valence-electron chi connectivity index (χ3n) is 3.10. The van der Waals surface area contributed by atoms with E-state index in [1.54, 1.807) is 37.4 Å². The van der Waals surface area contributed by atoms with Gasteiger partial charge in [0.25, 0.3) is 5.91 Å². The number of hydrogen-bond acceptors (Lipinski definition) is 4. The number of benzene rings is 1. The van der Waals surface area contributed by atoms with Crippen LogP contribution in [0.25, 0.3) is 0 Å². The number of amides is 1. The highest BCUT2D eigenvalue weighted by molar-refractivity contribution is 6.30. The van der Waals surface area contributed by atoms with E-state index in [9.17, 15) is 4.79 Å². The number of methoxy groups -OCH3 is 1. The smallest absolute Gasteiger partial charge is 0.260 e. The van der Waals surface area contributed by atoms with Crippen LogP contribution in [0.4, 0.5) is 0 Å². The summed E-state index contributed by atoms with van der Waals surface area (Å²) in [6.07, 6.45) is 1.56. The van der Waals surface area contributed by atoms with Gasteiger partial charge in [-0.2, -0.15) is 0 Å². The minimum absolute atomic E-state index is 0.100. The second-order valence-corrected chi connectivity index (χ2v) is 5.00. The van der Waals surface area contributed by atoms with E-state index in [4.69, 9.17) is 21.1 Å². The van der Waals surface area contributed by atoms with Gasteiger partial charge in [-0.3, -0.25) is 4.79 Å². The fraction of sp³-hybridized carbons (Fsp3) is 0.250. The third-order valence-corrected chi connectivity index (χ3v) is 3.39. The van der Waals surface area contributed by atoms with E-state index in [0.29, 0.717) is 12.3 Å². The highest BCUT2D eigenvalue weighted by Crippen LogP contribution is 2.21. The summed E-state index contributed by atoms with van der Waals surface area (Å²) in [5, 5.41) is 0.239. The SMILES string of the molecule is COc1ccccc1CN(C)C(=O)COc1cccnc1Cl. The molecule has 0 aliphatic rings. The zero-order valence-electron chi connectivity index (χ0n) is 12.5. The van der Waals surface area contributed by atoms with Gasteiger partial charge >= 0.3 is 0 Å². The van der Waals surface area contributed by atoms with Crippen LogP contribution in [0.5, 0.6) is 11.5 Å². The maximum atomic E-state index is 12.1. The molecule has 0 atom stereocenters. The van der Waals surface area contributed by atoms with Gasteiger partial charge in [-0.1, -0.05) is 29.8 Å². The second-order valence-electron chi connectivity index (χ2n) is 4.64. The molecule has 0 aliphatic carbocycles. The number of nitrogens with zero attached hydrogens (tertiary/aromatic N) is 2. The normalized spacial score (nSPS) is 10.1. The number of likely N-dealkylation sites (N-methyl/N-ethyl adjacent to an activating group) is 1. The van der Waals surface area contributed by atoms with Gasteiger partial charge in [-0.15, -0.1) is 0 Å². The standard InChI is InChI=1S/C16H17ClN2O3/c1-19(10-12-6-3-4-7-13(12)21-2)15(20)11-22-14-8-5-9-18-16(14)17/h3-9H,10-11H2,1-2H3. The van der Waals surface area contributed by atoms with Crippen LogP contribution < -0.4 is 9.47 Å². The van der Waals surface area contributed by atoms with Crippen molar-refractivity contribution in [2.75, 3.05) is 20.8 Å². The van der Waals surface area contributed by atoms with Gasteiger partial charge in [-0.05, 0) is 18.2 Å². The van der Waals surface area contributed by atoms with Crippen molar-refractivity contribution in [1.82, 2.24) is 9.88 Å². The lowest BCUT2D eigenvalue weighted by atomic mass is 10.2. The lowest BCUT2D eigenvalue weighted by molar-refractivity contribution is -0.132. The number of carbonyl (C=O) groups is 1. The van der Waals surface area contributed by atoms with E-state index < -0.39 is 0 Å². The number of pyridine rings is 1. The van der Waals surface area contributed by atoms with Gasteiger partial charge in [0.1, 0.15) is 5.75 Å². The van der Waals surface area contributed by atoms with Crippen molar-refractivity contribution >= 4 is 17.5 Å². The van der Waals surface area contributed by atoms with Gasteiger partial charge in [-0.25, -0.2) is 4.98 Å². The summed E-state index contributed by atoms with van der Waals surface area (Å²) in [5.41, 5.74) is 0.931. The van der Waals surface area contributed by atoms with E-state index in [-0.39, 0.29) is 17.7 Å². The Hall–Kier alpha value is -2.27. The van der Waals surface area contributed by atoms with Gasteiger partial charge in [0, 0.05) is 25.4 Å². The maximum Gasteiger partial charge on any atom is 0.260 e. The molecule has 0 unspecified atom stereocenters. The fourth-order valence-corrected chi connectivity index (χ4v) is 2.08. The van der Waals surface area contributed by atoms with Crippen molar-refractivity contribution in [2.24, 2.45) is 0 Å². The number of hydrogen-bond donors (Lipinski definition) is 0. The molecule has 0 saturated heterocycles. The molecule has 0 radical (unpaired) electrons. The van der Waals surface area contributed by atoms with Crippen molar-refractivity contribution in [2.45, 2.75) is 6.54 Å². The molecule has 1 aromatic carbocycles. The van der Waals surface area contributed by atoms with Gasteiger partial charge in [0.05, 0.1) is 7.11 Å². The van der Waals surface area contributed by atoms with Gasteiger partial charge < -0.3 is 14.4 Å². The van der Waals surface area contributed by atoms with Crippen LogP contribution in [0.2, 0.25) is 5.15 Å². The highest BCUT2D eigenvalue weighted by atomic mass is 35.5. The topological polar surface area (TPSA) is 51.7 Å². The Balaban J connectivity index is 1.94. The molecule has 0 fully saturated rings. The molecule has 0 bridgehead atoms. The summed E-state index contributed by atoms with van der Waals surface area (Å²) < 4.78 is 10.7. The van der Waals surface area contributed by atoms with E-state index in [1.807, 2.05) is 24.3 Å². The molecule has 116 valence electrons. The molecular formula is C16H17ClN2O3. The first-order chi connectivity index (χ1) is 10.6. The predicted octanol–water partition coefficient (Wildman–Crippen LogP) is 2.78. The lowest BCUT2D eigenvalue weighted by Gasteiger charge is -2.19. The van der Waals surface area contributed by atoms with E-state index in [0.717, 1.165) is 11.3 Å². The Morgan fingerprint density at radius 2 is 1.95 bits per heavy atom. The quantitative estimate of drug-likeness (QED) is 0.768. The molecule has 5 nitrogen and oxygen atoms in total. The first-order valence-corrected chi connectivity index (χ1v) is 7.08. The first-order valence-electron chi connectivity index (χ1n) is 6.71. The first kappa shape index (κ1) is 16.1. The van der Waals surface area contributed by atoms with Crippen LogP contribution >= 0.6 is 11.6 Å². The zero-order valence-corrected chi connectivity index (χ0v) is 13.2. The average molecular weight is 321 g/mol. The summed E-state index contributed by atoms with van der Waals surface area (Å²) in [7, 11) is 3.32. The van der Waals surface area contributed by atoms with Gasteiger partial charge in [0.15, 0.2) is 17.5 Å². The molecule has 6 heteroatoms. The van der Waals surface area contributed by atoms with E-state index >= 15 is 0 Å². The maximum absolute atomic E-state index is 12.1. The Kier molecular flexibility index (Phi) is 5.61. The number of ether oxygens (including phenoxy) is 2. The predicted molar refractivity (Wildman–Crippen MR) is 84.2 cm³/mol. The van der Waals surface area contributed by atoms with Crippen LogP contribution in [0.15, 0.2) is 42.6 Å². The summed E-state index contributed by atoms with van der Waals surface area (Å²) >= 11 is 5.88. The van der Waals surface area contributed by atoms with Crippen molar-refractivity contribution in [3.05, 3.63) is 53.3 Å². The largest absolute Gasteiger partial charge is 0.496 e. The Bertz CT molecular complexity index is 649. The van der Waals surface area contributed by atoms with Crippen molar-refractivity contribution in [3.63, 3.8) is 0 Å². The number of para-hydroxylation sites is 1. The average Bonchev–Trinajstić information content (AvgIpc) is 2.54. The number of halogens is 1. The fourth-order valence-electron chi connectivity index (χ4n) is 1.91. The van der Waals surface area contributed by atoms with E-state index in [2.05, 4.69) is 4.98 Å². The van der Waals surface area contributed by atoms with Crippen molar-refractivity contribution in [1.29, 1.82) is 0 Å². The van der Waals surface area contributed by atoms with Crippen LogP contribution in [-0.2, 0) is 11.3 Å². The van der Waals surface area contributed by atoms with Crippen molar-refractivity contribution in [3.8, 4) is 11.5 Å². The molecule has 0 N–H and O–H groups in total. The number of aromatic nitrogens is 1. The third kappa shape index (κ3) is 4.11. The van der Waals surface area contributed by atoms with Crippen LogP contribution in [0.1, 0.15) is 5.56 Å². The summed E-state index contributed by atoms with van der Waals surface area (Å²) in [6.45, 7) is 0.337. The summed E-state index contributed by atoms with van der Waals surface area (Å²) in [6, 6.07) is 10.9. The van der Waals surface area contributed by atoms with Crippen molar-refractivity contribution < 1.29 is 14.3 Å². The molecular weight excluding hydrogens is 304 g/mol. The van der Waals surface area contributed by atoms with Crippen LogP contribution in [0.3, 0.4) is 0 Å². The minimum atomic E-state index is -0.161. The second kappa shape index (κ2) is 7.66. The molecule has 1 aromatic heterocycles. The molecule has 2 rings (SSSR count). The summed E-state index contributed by atoms with van der Waals surface area (Å²) in [4.78, 5) is 17.6. The Morgan fingerprint density at radius 1 is 1.23 bits per heavy atom. The molecule has 22 heavy (non-hydrogen) atoms. The number of carbonyl (C=O) groups excluding carboxylic acids is 1. The highest BCUT2D eigenvalue weighted by Gasteiger charge is 2.13. The molecule has 2 aromatic rings. The Morgan fingerprint density at radius 3 is 2.68 bits per heavy atom. The lowest BCUT2D eigenvalue weighted by Crippen LogP contribution is -2.31. The number of rotatable bonds is 6. The molecule has 1 amide bonds. The monoisotopic (exact) mass is 320 g/mol. The molecule has 0 saturated carbocycles. The summed E-state index contributed by atoms with van der Waals surface area (Å²) in [5.74, 6) is 0.979.